The lowest BCUT2D eigenvalue weighted by Crippen LogP contribution is -2.43. The van der Waals surface area contributed by atoms with E-state index < -0.39 is 5.60 Å². The highest BCUT2D eigenvalue weighted by Crippen LogP contribution is 2.19. The number of rotatable bonds is 3. The van der Waals surface area contributed by atoms with E-state index in [-0.39, 0.29) is 18.0 Å². The van der Waals surface area contributed by atoms with Crippen LogP contribution in [0.2, 0.25) is 0 Å². The van der Waals surface area contributed by atoms with Crippen LogP contribution in [0, 0.1) is 5.92 Å². The Balaban J connectivity index is 2.41. The van der Waals surface area contributed by atoms with Crippen molar-refractivity contribution in [3.8, 4) is 0 Å². The van der Waals surface area contributed by atoms with E-state index in [1.807, 2.05) is 20.8 Å². The first-order valence-corrected chi connectivity index (χ1v) is 6.95. The molecule has 1 rings (SSSR count). The van der Waals surface area contributed by atoms with Gasteiger partial charge in [-0.3, -0.25) is 4.79 Å². The van der Waals surface area contributed by atoms with Gasteiger partial charge in [0, 0.05) is 25.4 Å². The molecule has 0 aromatic carbocycles. The van der Waals surface area contributed by atoms with E-state index in [4.69, 9.17) is 9.47 Å². The maximum Gasteiger partial charge on any atom is 0.410 e. The Morgan fingerprint density at radius 1 is 1.32 bits per heavy atom. The van der Waals surface area contributed by atoms with Gasteiger partial charge in [0.2, 0.25) is 0 Å². The predicted molar refractivity (Wildman–Crippen MR) is 71.8 cm³/mol. The summed E-state index contributed by atoms with van der Waals surface area (Å²) in [7, 11) is 0. The Morgan fingerprint density at radius 2 is 2.00 bits per heavy atom. The Hall–Kier alpha value is -1.26. The summed E-state index contributed by atoms with van der Waals surface area (Å²) in [5.41, 5.74) is -0.474. The predicted octanol–water partition coefficient (Wildman–Crippen LogP) is 2.59. The van der Waals surface area contributed by atoms with E-state index in [2.05, 4.69) is 0 Å². The SMILES string of the molecule is CCC(=O)OC[C@@H]1CCCN(C(=O)OC(C)(C)C)C1. The number of hydrogen-bond acceptors (Lipinski definition) is 4. The minimum Gasteiger partial charge on any atom is -0.465 e. The molecule has 0 N–H and O–H groups in total. The van der Waals surface area contributed by atoms with Crippen molar-refractivity contribution in [3.63, 3.8) is 0 Å². The highest BCUT2D eigenvalue weighted by atomic mass is 16.6. The van der Waals surface area contributed by atoms with Gasteiger partial charge in [-0.2, -0.15) is 0 Å². The minimum absolute atomic E-state index is 0.186. The van der Waals surface area contributed by atoms with Crippen LogP contribution in [0.3, 0.4) is 0 Å². The zero-order valence-electron chi connectivity index (χ0n) is 12.4. The minimum atomic E-state index is -0.474. The number of likely N-dealkylation sites (tertiary alicyclic amines) is 1. The molecule has 0 aliphatic carbocycles. The van der Waals surface area contributed by atoms with Crippen molar-refractivity contribution in [1.82, 2.24) is 4.90 Å². The smallest absolute Gasteiger partial charge is 0.410 e. The number of piperidine rings is 1. The zero-order valence-corrected chi connectivity index (χ0v) is 12.4. The zero-order chi connectivity index (χ0) is 14.5. The van der Waals surface area contributed by atoms with Crippen molar-refractivity contribution in [1.29, 1.82) is 0 Å². The van der Waals surface area contributed by atoms with Crippen LogP contribution in [0.4, 0.5) is 4.79 Å². The van der Waals surface area contributed by atoms with E-state index in [9.17, 15) is 9.59 Å². The molecule has 1 aliphatic heterocycles. The van der Waals surface area contributed by atoms with Gasteiger partial charge in [-0.15, -0.1) is 0 Å². The van der Waals surface area contributed by atoms with Crippen molar-refractivity contribution in [2.45, 2.75) is 52.6 Å². The van der Waals surface area contributed by atoms with Gasteiger partial charge in [0.1, 0.15) is 5.60 Å². The van der Waals surface area contributed by atoms with Crippen LogP contribution in [0.1, 0.15) is 47.0 Å². The molecule has 0 bridgehead atoms. The van der Waals surface area contributed by atoms with Crippen molar-refractivity contribution in [2.75, 3.05) is 19.7 Å². The fourth-order valence-electron chi connectivity index (χ4n) is 2.01. The largest absolute Gasteiger partial charge is 0.465 e. The molecule has 5 nitrogen and oxygen atoms in total. The number of hydrogen-bond donors (Lipinski definition) is 0. The highest BCUT2D eigenvalue weighted by molar-refractivity contribution is 5.69. The second kappa shape index (κ2) is 6.78. The number of carbonyl (C=O) groups excluding carboxylic acids is 2. The maximum absolute atomic E-state index is 11.9. The topological polar surface area (TPSA) is 55.8 Å². The highest BCUT2D eigenvalue weighted by Gasteiger charge is 2.28. The molecule has 1 heterocycles. The van der Waals surface area contributed by atoms with Crippen LogP contribution >= 0.6 is 0 Å². The summed E-state index contributed by atoms with van der Waals surface area (Å²) in [4.78, 5) is 24.8. The van der Waals surface area contributed by atoms with Crippen LogP contribution in [0.5, 0.6) is 0 Å². The van der Waals surface area contributed by atoms with Gasteiger partial charge in [0.15, 0.2) is 0 Å². The maximum atomic E-state index is 11.9. The Morgan fingerprint density at radius 3 is 2.58 bits per heavy atom. The molecule has 0 aromatic rings. The van der Waals surface area contributed by atoms with Crippen LogP contribution in [-0.2, 0) is 14.3 Å². The molecule has 0 saturated carbocycles. The lowest BCUT2D eigenvalue weighted by Gasteiger charge is -2.33. The Labute approximate surface area is 115 Å². The van der Waals surface area contributed by atoms with Gasteiger partial charge in [-0.05, 0) is 33.6 Å². The van der Waals surface area contributed by atoms with E-state index in [1.54, 1.807) is 11.8 Å². The molecule has 0 spiro atoms. The van der Waals surface area contributed by atoms with E-state index in [0.29, 0.717) is 26.1 Å². The number of esters is 1. The van der Waals surface area contributed by atoms with Gasteiger partial charge in [-0.25, -0.2) is 4.79 Å². The number of amides is 1. The first-order valence-electron chi connectivity index (χ1n) is 6.95. The van der Waals surface area contributed by atoms with Crippen molar-refractivity contribution < 1.29 is 19.1 Å². The first kappa shape index (κ1) is 15.8. The van der Waals surface area contributed by atoms with Crippen molar-refractivity contribution in [2.24, 2.45) is 5.92 Å². The molecule has 1 saturated heterocycles. The molecule has 0 radical (unpaired) electrons. The van der Waals surface area contributed by atoms with Crippen LogP contribution in [0.25, 0.3) is 0 Å². The monoisotopic (exact) mass is 271 g/mol. The van der Waals surface area contributed by atoms with Crippen molar-refractivity contribution >= 4 is 12.1 Å². The third-order valence-electron chi connectivity index (χ3n) is 2.94. The van der Waals surface area contributed by atoms with Crippen LogP contribution in [0.15, 0.2) is 0 Å². The Bertz CT molecular complexity index is 322. The molecule has 1 aliphatic rings. The molecule has 0 aromatic heterocycles. The van der Waals surface area contributed by atoms with Crippen molar-refractivity contribution in [3.05, 3.63) is 0 Å². The van der Waals surface area contributed by atoms with Gasteiger partial charge in [0.25, 0.3) is 0 Å². The van der Waals surface area contributed by atoms with E-state index in [0.717, 1.165) is 12.8 Å². The average molecular weight is 271 g/mol. The summed E-state index contributed by atoms with van der Waals surface area (Å²) in [5, 5.41) is 0. The second-order valence-electron chi connectivity index (χ2n) is 5.97. The standard InChI is InChI=1S/C14H25NO4/c1-5-12(16)18-10-11-7-6-8-15(9-11)13(17)19-14(2,3)4/h11H,5-10H2,1-4H3/t11-/m1/s1. The lowest BCUT2D eigenvalue weighted by atomic mass is 9.99. The number of ether oxygens (including phenoxy) is 2. The molecule has 1 atom stereocenters. The lowest BCUT2D eigenvalue weighted by molar-refractivity contribution is -0.145. The van der Waals surface area contributed by atoms with Crippen LogP contribution in [-0.4, -0.2) is 42.3 Å². The third kappa shape index (κ3) is 5.94. The molecule has 110 valence electrons. The molecule has 19 heavy (non-hydrogen) atoms. The summed E-state index contributed by atoms with van der Waals surface area (Å²) in [6, 6.07) is 0. The summed E-state index contributed by atoms with van der Waals surface area (Å²) in [5.74, 6) is 0.0335. The fourth-order valence-corrected chi connectivity index (χ4v) is 2.01. The van der Waals surface area contributed by atoms with Gasteiger partial charge >= 0.3 is 12.1 Å². The summed E-state index contributed by atoms with van der Waals surface area (Å²) < 4.78 is 10.5. The normalized spacial score (nSPS) is 20.0. The summed E-state index contributed by atoms with van der Waals surface area (Å²) in [6.07, 6.45) is 2.02. The quantitative estimate of drug-likeness (QED) is 0.740. The fraction of sp³-hybridized carbons (Fsp3) is 0.857. The third-order valence-corrected chi connectivity index (χ3v) is 2.94. The summed E-state index contributed by atoms with van der Waals surface area (Å²) in [6.45, 7) is 9.06. The van der Waals surface area contributed by atoms with Gasteiger partial charge in [0.05, 0.1) is 6.61 Å². The van der Waals surface area contributed by atoms with Gasteiger partial charge < -0.3 is 14.4 Å². The average Bonchev–Trinajstić information content (AvgIpc) is 2.34. The molecule has 0 unspecified atom stereocenters. The summed E-state index contributed by atoms with van der Waals surface area (Å²) >= 11 is 0. The second-order valence-corrected chi connectivity index (χ2v) is 5.97. The van der Waals surface area contributed by atoms with E-state index >= 15 is 0 Å². The van der Waals surface area contributed by atoms with Gasteiger partial charge in [-0.1, -0.05) is 6.92 Å². The van der Waals surface area contributed by atoms with Crippen LogP contribution < -0.4 is 0 Å². The molecule has 1 fully saturated rings. The first-order chi connectivity index (χ1) is 8.81. The number of carbonyl (C=O) groups is 2. The molecule has 5 heteroatoms. The number of nitrogens with zero attached hydrogens (tertiary/aromatic N) is 1. The molecular weight excluding hydrogens is 246 g/mol. The van der Waals surface area contributed by atoms with E-state index in [1.165, 1.54) is 0 Å². The molecular formula is C14H25NO4. The molecule has 1 amide bonds. The Kier molecular flexibility index (Phi) is 5.63.